The standard InChI is InChI=1S/C15H27NO/c1-9-11(4)12(5)13(6)15(7,8)16-14(17)10(2)3/h9-10H,1-8H3,(H,16,17). The number of rotatable bonds is 4. The van der Waals surface area contributed by atoms with Crippen molar-refractivity contribution in [2.75, 3.05) is 0 Å². The van der Waals surface area contributed by atoms with Crippen LogP contribution in [0.5, 0.6) is 0 Å². The van der Waals surface area contributed by atoms with Gasteiger partial charge < -0.3 is 5.32 Å². The molecule has 0 aromatic rings. The Morgan fingerprint density at radius 2 is 1.65 bits per heavy atom. The Kier molecular flexibility index (Phi) is 5.67. The fourth-order valence-electron chi connectivity index (χ4n) is 1.53. The van der Waals surface area contributed by atoms with Crippen molar-refractivity contribution < 1.29 is 4.79 Å². The summed E-state index contributed by atoms with van der Waals surface area (Å²) < 4.78 is 0. The normalized spacial score (nSPS) is 14.8. The van der Waals surface area contributed by atoms with Crippen LogP contribution < -0.4 is 5.32 Å². The first-order chi connectivity index (χ1) is 7.63. The van der Waals surface area contributed by atoms with E-state index in [4.69, 9.17) is 0 Å². The van der Waals surface area contributed by atoms with E-state index in [-0.39, 0.29) is 17.4 Å². The summed E-state index contributed by atoms with van der Waals surface area (Å²) in [5.41, 5.74) is 3.42. The third-order valence-corrected chi connectivity index (χ3v) is 3.48. The van der Waals surface area contributed by atoms with E-state index in [0.29, 0.717) is 0 Å². The molecule has 0 saturated carbocycles. The van der Waals surface area contributed by atoms with Crippen LogP contribution in [0.25, 0.3) is 0 Å². The predicted octanol–water partition coefficient (Wildman–Crippen LogP) is 3.84. The zero-order valence-electron chi connectivity index (χ0n) is 12.6. The molecular weight excluding hydrogens is 210 g/mol. The molecule has 0 saturated heterocycles. The Morgan fingerprint density at radius 1 is 1.18 bits per heavy atom. The molecule has 0 bridgehead atoms. The van der Waals surface area contributed by atoms with Crippen LogP contribution in [0.4, 0.5) is 0 Å². The van der Waals surface area contributed by atoms with E-state index in [1.54, 1.807) is 0 Å². The molecule has 0 unspecified atom stereocenters. The van der Waals surface area contributed by atoms with Gasteiger partial charge in [-0.05, 0) is 52.7 Å². The molecule has 0 aliphatic rings. The molecule has 0 fully saturated rings. The lowest BCUT2D eigenvalue weighted by atomic mass is 9.88. The van der Waals surface area contributed by atoms with Gasteiger partial charge in [0.05, 0.1) is 5.54 Å². The van der Waals surface area contributed by atoms with E-state index in [1.807, 2.05) is 20.8 Å². The molecule has 0 aromatic carbocycles. The second kappa shape index (κ2) is 6.04. The minimum Gasteiger partial charge on any atom is -0.347 e. The first-order valence-electron chi connectivity index (χ1n) is 6.26. The number of nitrogens with one attached hydrogen (secondary N) is 1. The van der Waals surface area contributed by atoms with Gasteiger partial charge in [-0.2, -0.15) is 0 Å². The Balaban J connectivity index is 5.13. The summed E-state index contributed by atoms with van der Waals surface area (Å²) in [6.45, 7) is 16.2. The second-order valence-electron chi connectivity index (χ2n) is 5.49. The minimum atomic E-state index is -0.296. The van der Waals surface area contributed by atoms with Crippen molar-refractivity contribution in [2.45, 2.75) is 60.9 Å². The number of allylic oxidation sites excluding steroid dienone is 3. The molecule has 98 valence electrons. The maximum absolute atomic E-state index is 11.8. The molecule has 1 amide bonds. The van der Waals surface area contributed by atoms with E-state index < -0.39 is 0 Å². The highest BCUT2D eigenvalue weighted by Gasteiger charge is 2.25. The highest BCUT2D eigenvalue weighted by Crippen LogP contribution is 2.23. The van der Waals surface area contributed by atoms with Crippen LogP contribution in [0, 0.1) is 5.92 Å². The lowest BCUT2D eigenvalue weighted by Crippen LogP contribution is -2.46. The summed E-state index contributed by atoms with van der Waals surface area (Å²) >= 11 is 0. The molecule has 0 spiro atoms. The van der Waals surface area contributed by atoms with Gasteiger partial charge in [0.2, 0.25) is 5.91 Å². The number of hydrogen-bond acceptors (Lipinski definition) is 1. The van der Waals surface area contributed by atoms with Gasteiger partial charge in [0.25, 0.3) is 0 Å². The van der Waals surface area contributed by atoms with E-state index in [2.05, 4.69) is 46.0 Å². The third-order valence-electron chi connectivity index (χ3n) is 3.48. The Bertz CT molecular complexity index is 346. The molecule has 0 atom stereocenters. The average Bonchev–Trinajstić information content (AvgIpc) is 2.25. The van der Waals surface area contributed by atoms with Crippen LogP contribution in [0.15, 0.2) is 22.8 Å². The third kappa shape index (κ3) is 4.37. The molecule has 17 heavy (non-hydrogen) atoms. The van der Waals surface area contributed by atoms with Crippen LogP contribution in [0.2, 0.25) is 0 Å². The van der Waals surface area contributed by atoms with Crippen LogP contribution in [-0.4, -0.2) is 11.4 Å². The van der Waals surface area contributed by atoms with Gasteiger partial charge in [-0.25, -0.2) is 0 Å². The second-order valence-corrected chi connectivity index (χ2v) is 5.49. The molecule has 0 aliphatic heterocycles. The molecule has 2 heteroatoms. The minimum absolute atomic E-state index is 0.0187. The highest BCUT2D eigenvalue weighted by molar-refractivity contribution is 5.79. The average molecular weight is 237 g/mol. The van der Waals surface area contributed by atoms with Crippen molar-refractivity contribution in [1.82, 2.24) is 5.32 Å². The van der Waals surface area contributed by atoms with E-state index in [0.717, 1.165) is 0 Å². The van der Waals surface area contributed by atoms with Crippen LogP contribution in [0.3, 0.4) is 0 Å². The molecule has 1 N–H and O–H groups in total. The van der Waals surface area contributed by atoms with Gasteiger partial charge >= 0.3 is 0 Å². The smallest absolute Gasteiger partial charge is 0.223 e. The van der Waals surface area contributed by atoms with Gasteiger partial charge in [0, 0.05) is 5.92 Å². The van der Waals surface area contributed by atoms with Crippen LogP contribution >= 0.6 is 0 Å². The van der Waals surface area contributed by atoms with Gasteiger partial charge in [-0.3, -0.25) is 4.79 Å². The van der Waals surface area contributed by atoms with Gasteiger partial charge in [-0.15, -0.1) is 0 Å². The Labute approximate surface area is 106 Å². The number of carbonyl (C=O) groups is 1. The monoisotopic (exact) mass is 237 g/mol. The maximum Gasteiger partial charge on any atom is 0.223 e. The maximum atomic E-state index is 11.8. The summed E-state index contributed by atoms with van der Waals surface area (Å²) in [5, 5.41) is 3.09. The van der Waals surface area contributed by atoms with Gasteiger partial charge in [-0.1, -0.05) is 25.5 Å². The number of amides is 1. The quantitative estimate of drug-likeness (QED) is 0.739. The van der Waals surface area contributed by atoms with Crippen molar-refractivity contribution >= 4 is 5.91 Å². The van der Waals surface area contributed by atoms with Crippen molar-refractivity contribution in [2.24, 2.45) is 5.92 Å². The van der Waals surface area contributed by atoms with Crippen molar-refractivity contribution in [3.05, 3.63) is 22.8 Å². The molecule has 0 aliphatic carbocycles. The molecule has 0 aromatic heterocycles. The Morgan fingerprint density at radius 3 is 2.00 bits per heavy atom. The zero-order chi connectivity index (χ0) is 13.8. The lowest BCUT2D eigenvalue weighted by molar-refractivity contribution is -0.125. The summed E-state index contributed by atoms with van der Waals surface area (Å²) in [7, 11) is 0. The van der Waals surface area contributed by atoms with Crippen molar-refractivity contribution in [1.29, 1.82) is 0 Å². The van der Waals surface area contributed by atoms with Crippen LogP contribution in [0.1, 0.15) is 55.4 Å². The summed E-state index contributed by atoms with van der Waals surface area (Å²) in [6.07, 6.45) is 2.10. The van der Waals surface area contributed by atoms with Crippen molar-refractivity contribution in [3.8, 4) is 0 Å². The fourth-order valence-corrected chi connectivity index (χ4v) is 1.53. The van der Waals surface area contributed by atoms with E-state index >= 15 is 0 Å². The lowest BCUT2D eigenvalue weighted by Gasteiger charge is -2.30. The fraction of sp³-hybridized carbons (Fsp3) is 0.667. The molecule has 2 nitrogen and oxygen atoms in total. The topological polar surface area (TPSA) is 29.1 Å². The van der Waals surface area contributed by atoms with Crippen LogP contribution in [-0.2, 0) is 4.79 Å². The number of hydrogen-bond donors (Lipinski definition) is 1. The molecular formula is C15H27NO. The van der Waals surface area contributed by atoms with Crippen molar-refractivity contribution in [3.63, 3.8) is 0 Å². The van der Waals surface area contributed by atoms with E-state index in [1.165, 1.54) is 16.7 Å². The Hall–Kier alpha value is -1.05. The zero-order valence-corrected chi connectivity index (χ0v) is 12.6. The summed E-state index contributed by atoms with van der Waals surface area (Å²) in [6, 6.07) is 0. The SMILES string of the molecule is CC=C(C)C(C)=C(C)C(C)(C)NC(=O)C(C)C. The summed E-state index contributed by atoms with van der Waals surface area (Å²) in [4.78, 5) is 11.8. The number of carbonyl (C=O) groups excluding carboxylic acids is 1. The molecule has 0 heterocycles. The first-order valence-corrected chi connectivity index (χ1v) is 6.26. The van der Waals surface area contributed by atoms with Gasteiger partial charge in [0.15, 0.2) is 0 Å². The molecule has 0 radical (unpaired) electrons. The first kappa shape index (κ1) is 16.0. The van der Waals surface area contributed by atoms with E-state index in [9.17, 15) is 4.79 Å². The molecule has 0 rings (SSSR count). The highest BCUT2D eigenvalue weighted by atomic mass is 16.2. The van der Waals surface area contributed by atoms with Gasteiger partial charge in [0.1, 0.15) is 0 Å². The summed E-state index contributed by atoms with van der Waals surface area (Å²) in [5.74, 6) is 0.116. The predicted molar refractivity (Wildman–Crippen MR) is 74.9 cm³/mol. The largest absolute Gasteiger partial charge is 0.347 e.